The fraction of sp³-hybridized carbons (Fsp3) is 0.400. The van der Waals surface area contributed by atoms with Gasteiger partial charge in [-0.2, -0.15) is 0 Å². The summed E-state index contributed by atoms with van der Waals surface area (Å²) >= 11 is 3.32. The molecular formula is C10H13BrClNO. The first kappa shape index (κ1) is 11.8. The van der Waals surface area contributed by atoms with E-state index in [1.807, 2.05) is 18.2 Å². The highest BCUT2D eigenvalue weighted by Crippen LogP contribution is 2.34. The summed E-state index contributed by atoms with van der Waals surface area (Å²) in [6.07, 6.45) is 2.31. The van der Waals surface area contributed by atoms with Crippen molar-refractivity contribution in [3.63, 3.8) is 0 Å². The van der Waals surface area contributed by atoms with Gasteiger partial charge in [0.25, 0.3) is 0 Å². The number of phenols is 1. The maximum Gasteiger partial charge on any atom is 0.134 e. The highest BCUT2D eigenvalue weighted by atomic mass is 79.9. The van der Waals surface area contributed by atoms with Gasteiger partial charge in [0.15, 0.2) is 0 Å². The van der Waals surface area contributed by atoms with Crippen LogP contribution < -0.4 is 5.32 Å². The molecule has 0 amide bonds. The third kappa shape index (κ3) is 2.22. The molecule has 0 aliphatic carbocycles. The quantitative estimate of drug-likeness (QED) is 0.828. The second-order valence-corrected chi connectivity index (χ2v) is 4.18. The Morgan fingerprint density at radius 2 is 2.21 bits per heavy atom. The van der Waals surface area contributed by atoms with E-state index in [2.05, 4.69) is 21.2 Å². The van der Waals surface area contributed by atoms with Crippen molar-refractivity contribution in [2.75, 3.05) is 6.54 Å². The Bertz CT molecular complexity index is 313. The van der Waals surface area contributed by atoms with Crippen molar-refractivity contribution in [1.29, 1.82) is 0 Å². The fourth-order valence-corrected chi connectivity index (χ4v) is 2.14. The van der Waals surface area contributed by atoms with Gasteiger partial charge in [0, 0.05) is 11.6 Å². The molecule has 78 valence electrons. The Balaban J connectivity index is 0.000000980. The number of rotatable bonds is 1. The van der Waals surface area contributed by atoms with Crippen LogP contribution in [0, 0.1) is 0 Å². The van der Waals surface area contributed by atoms with Gasteiger partial charge in [0.1, 0.15) is 5.75 Å². The molecule has 1 saturated heterocycles. The lowest BCUT2D eigenvalue weighted by atomic mass is 10.0. The maximum absolute atomic E-state index is 9.77. The van der Waals surface area contributed by atoms with Crippen LogP contribution >= 0.6 is 28.3 Å². The normalized spacial score (nSPS) is 20.5. The lowest BCUT2D eigenvalue weighted by Crippen LogP contribution is -2.12. The topological polar surface area (TPSA) is 32.3 Å². The van der Waals surface area contributed by atoms with Crippen LogP contribution in [0.3, 0.4) is 0 Å². The summed E-state index contributed by atoms with van der Waals surface area (Å²) in [5.74, 6) is 0.377. The number of benzene rings is 1. The predicted octanol–water partition coefficient (Wildman–Crippen LogP) is 3.00. The van der Waals surface area contributed by atoms with E-state index in [4.69, 9.17) is 0 Å². The average Bonchev–Trinajstić information content (AvgIpc) is 2.62. The van der Waals surface area contributed by atoms with Gasteiger partial charge in [-0.3, -0.25) is 0 Å². The summed E-state index contributed by atoms with van der Waals surface area (Å²) in [5, 5.41) is 13.1. The molecular weight excluding hydrogens is 265 g/mol. The third-order valence-electron chi connectivity index (χ3n) is 2.45. The Hall–Kier alpha value is -0.250. The van der Waals surface area contributed by atoms with Crippen molar-refractivity contribution in [3.8, 4) is 5.75 Å². The molecule has 0 bridgehead atoms. The molecule has 0 unspecified atom stereocenters. The van der Waals surface area contributed by atoms with Gasteiger partial charge in [-0.25, -0.2) is 0 Å². The van der Waals surface area contributed by atoms with E-state index in [0.717, 1.165) is 23.0 Å². The summed E-state index contributed by atoms with van der Waals surface area (Å²) < 4.78 is 0.777. The summed E-state index contributed by atoms with van der Waals surface area (Å²) in [5.41, 5.74) is 1.01. The minimum Gasteiger partial charge on any atom is -0.506 e. The monoisotopic (exact) mass is 277 g/mol. The van der Waals surface area contributed by atoms with E-state index < -0.39 is 0 Å². The second kappa shape index (κ2) is 5.01. The van der Waals surface area contributed by atoms with Crippen LogP contribution in [0.25, 0.3) is 0 Å². The van der Waals surface area contributed by atoms with E-state index in [0.29, 0.717) is 11.8 Å². The van der Waals surface area contributed by atoms with Gasteiger partial charge in [0.05, 0.1) is 4.47 Å². The molecule has 0 radical (unpaired) electrons. The average molecular weight is 279 g/mol. The second-order valence-electron chi connectivity index (χ2n) is 3.33. The Morgan fingerprint density at radius 1 is 1.43 bits per heavy atom. The zero-order valence-corrected chi connectivity index (χ0v) is 10.1. The van der Waals surface area contributed by atoms with E-state index in [1.54, 1.807) is 0 Å². The number of aromatic hydroxyl groups is 1. The Labute approximate surface area is 98.3 Å². The van der Waals surface area contributed by atoms with Crippen molar-refractivity contribution in [2.45, 2.75) is 18.9 Å². The number of para-hydroxylation sites is 1. The van der Waals surface area contributed by atoms with Gasteiger partial charge in [-0.15, -0.1) is 12.4 Å². The summed E-state index contributed by atoms with van der Waals surface area (Å²) in [7, 11) is 0. The molecule has 2 N–H and O–H groups in total. The van der Waals surface area contributed by atoms with Crippen LogP contribution in [0.4, 0.5) is 0 Å². The molecule has 2 nitrogen and oxygen atoms in total. The SMILES string of the molecule is Cl.Oc1c(Br)cccc1[C@@H]1CCCN1. The molecule has 0 aromatic heterocycles. The molecule has 1 fully saturated rings. The van der Waals surface area contributed by atoms with Crippen LogP contribution in [0.5, 0.6) is 5.75 Å². The molecule has 1 aliphatic rings. The molecule has 1 aliphatic heterocycles. The molecule has 4 heteroatoms. The van der Waals surface area contributed by atoms with E-state index >= 15 is 0 Å². The summed E-state index contributed by atoms with van der Waals surface area (Å²) in [4.78, 5) is 0. The first-order chi connectivity index (χ1) is 6.29. The molecule has 0 spiro atoms. The van der Waals surface area contributed by atoms with Crippen molar-refractivity contribution >= 4 is 28.3 Å². The lowest BCUT2D eigenvalue weighted by Gasteiger charge is -2.12. The number of hydrogen-bond donors (Lipinski definition) is 2. The minimum atomic E-state index is 0. The zero-order chi connectivity index (χ0) is 9.26. The minimum absolute atomic E-state index is 0. The van der Waals surface area contributed by atoms with Gasteiger partial charge in [0.2, 0.25) is 0 Å². The van der Waals surface area contributed by atoms with E-state index in [1.165, 1.54) is 6.42 Å². The number of hydrogen-bond acceptors (Lipinski definition) is 2. The van der Waals surface area contributed by atoms with E-state index in [9.17, 15) is 5.11 Å². The first-order valence-corrected chi connectivity index (χ1v) is 5.29. The molecule has 1 aromatic carbocycles. The van der Waals surface area contributed by atoms with Gasteiger partial charge in [-0.1, -0.05) is 12.1 Å². The van der Waals surface area contributed by atoms with Crippen LogP contribution in [0.2, 0.25) is 0 Å². The molecule has 1 aromatic rings. The van der Waals surface area contributed by atoms with Crippen LogP contribution in [0.15, 0.2) is 22.7 Å². The Kier molecular flexibility index (Phi) is 4.23. The third-order valence-corrected chi connectivity index (χ3v) is 3.09. The largest absolute Gasteiger partial charge is 0.506 e. The molecule has 1 heterocycles. The number of phenolic OH excluding ortho intramolecular Hbond substituents is 1. The number of halogens is 2. The zero-order valence-electron chi connectivity index (χ0n) is 7.66. The molecule has 0 saturated carbocycles. The molecule has 14 heavy (non-hydrogen) atoms. The lowest BCUT2D eigenvalue weighted by molar-refractivity contribution is 0.453. The van der Waals surface area contributed by atoms with Crippen LogP contribution in [0.1, 0.15) is 24.4 Å². The van der Waals surface area contributed by atoms with E-state index in [-0.39, 0.29) is 12.4 Å². The highest BCUT2D eigenvalue weighted by molar-refractivity contribution is 9.10. The maximum atomic E-state index is 9.77. The fourth-order valence-electron chi connectivity index (χ4n) is 1.76. The summed E-state index contributed by atoms with van der Waals surface area (Å²) in [6, 6.07) is 6.12. The standard InChI is InChI=1S/C10H12BrNO.ClH/c11-8-4-1-3-7(10(8)13)9-5-2-6-12-9;/h1,3-4,9,12-13H,2,5-6H2;1H/t9-;/m0./s1. The summed E-state index contributed by atoms with van der Waals surface area (Å²) in [6.45, 7) is 1.05. The van der Waals surface area contributed by atoms with Gasteiger partial charge < -0.3 is 10.4 Å². The van der Waals surface area contributed by atoms with Crippen molar-refractivity contribution in [2.24, 2.45) is 0 Å². The van der Waals surface area contributed by atoms with Gasteiger partial charge >= 0.3 is 0 Å². The van der Waals surface area contributed by atoms with Gasteiger partial charge in [-0.05, 0) is 41.4 Å². The van der Waals surface area contributed by atoms with Crippen molar-refractivity contribution < 1.29 is 5.11 Å². The Morgan fingerprint density at radius 3 is 2.86 bits per heavy atom. The van der Waals surface area contributed by atoms with Crippen LogP contribution in [-0.2, 0) is 0 Å². The smallest absolute Gasteiger partial charge is 0.134 e. The van der Waals surface area contributed by atoms with Crippen molar-refractivity contribution in [3.05, 3.63) is 28.2 Å². The first-order valence-electron chi connectivity index (χ1n) is 4.50. The predicted molar refractivity (Wildman–Crippen MR) is 63.0 cm³/mol. The van der Waals surface area contributed by atoms with Crippen molar-refractivity contribution in [1.82, 2.24) is 5.32 Å². The highest BCUT2D eigenvalue weighted by Gasteiger charge is 2.19. The molecule has 1 atom stereocenters. The number of nitrogens with one attached hydrogen (secondary N) is 1. The van der Waals surface area contributed by atoms with Crippen LogP contribution in [-0.4, -0.2) is 11.7 Å². The molecule has 2 rings (SSSR count).